The number of aliphatic hydroxyl groups is 1. The Hall–Kier alpha value is -0.120. The summed E-state index contributed by atoms with van der Waals surface area (Å²) in [5, 5.41) is 12.7. The number of aliphatic hydroxyl groups excluding tert-OH is 1. The van der Waals surface area contributed by atoms with Crippen molar-refractivity contribution in [3.63, 3.8) is 0 Å². The summed E-state index contributed by atoms with van der Waals surface area (Å²) in [6.45, 7) is 11.7. The van der Waals surface area contributed by atoms with Gasteiger partial charge in [0.05, 0.1) is 6.10 Å². The molecule has 3 nitrogen and oxygen atoms in total. The number of nitrogens with zero attached hydrogens (tertiary/aromatic N) is 1. The molecule has 0 saturated carbocycles. The Balaban J connectivity index is 0.000000461. The predicted molar refractivity (Wildman–Crippen MR) is 59.4 cm³/mol. The van der Waals surface area contributed by atoms with E-state index in [-0.39, 0.29) is 6.10 Å². The van der Waals surface area contributed by atoms with E-state index in [0.717, 1.165) is 13.0 Å². The highest BCUT2D eigenvalue weighted by atomic mass is 16.3. The quantitative estimate of drug-likeness (QED) is 0.703. The van der Waals surface area contributed by atoms with E-state index in [0.29, 0.717) is 5.41 Å². The lowest BCUT2D eigenvalue weighted by Gasteiger charge is -2.56. The molecule has 3 heteroatoms. The van der Waals surface area contributed by atoms with Crippen LogP contribution in [0.5, 0.6) is 0 Å². The molecule has 2 aliphatic rings. The summed E-state index contributed by atoms with van der Waals surface area (Å²) in [4.78, 5) is 2.36. The number of hydrogen-bond acceptors (Lipinski definition) is 3. The van der Waals surface area contributed by atoms with Gasteiger partial charge in [-0.1, -0.05) is 20.8 Å². The van der Waals surface area contributed by atoms with Crippen LogP contribution in [0.25, 0.3) is 0 Å². The molecular formula is C11H24N2O. The Morgan fingerprint density at radius 3 is 2.29 bits per heavy atom. The first-order valence-electron chi connectivity index (χ1n) is 5.85. The molecule has 0 unspecified atom stereocenters. The Kier molecular flexibility index (Phi) is 4.35. The maximum absolute atomic E-state index is 9.40. The molecule has 2 aliphatic heterocycles. The van der Waals surface area contributed by atoms with Gasteiger partial charge in [-0.15, -0.1) is 0 Å². The second-order valence-electron chi connectivity index (χ2n) is 4.34. The molecule has 2 fully saturated rings. The number of nitrogens with one attached hydrogen (secondary N) is 1. The van der Waals surface area contributed by atoms with Gasteiger partial charge < -0.3 is 10.4 Å². The molecule has 2 heterocycles. The molecule has 14 heavy (non-hydrogen) atoms. The van der Waals surface area contributed by atoms with Crippen molar-refractivity contribution in [2.45, 2.75) is 33.3 Å². The zero-order chi connectivity index (χ0) is 10.6. The van der Waals surface area contributed by atoms with Crippen molar-refractivity contribution >= 4 is 0 Å². The van der Waals surface area contributed by atoms with Crippen LogP contribution >= 0.6 is 0 Å². The number of β-amino-alcohol motifs (C(OH)–C–C–N with tert-alkyl or cyclic N) is 1. The van der Waals surface area contributed by atoms with E-state index in [1.165, 1.54) is 26.2 Å². The highest BCUT2D eigenvalue weighted by Crippen LogP contribution is 2.33. The summed E-state index contributed by atoms with van der Waals surface area (Å²) in [6, 6.07) is 0. The van der Waals surface area contributed by atoms with Gasteiger partial charge in [0, 0.05) is 38.1 Å². The Bertz CT molecular complexity index is 158. The van der Waals surface area contributed by atoms with Crippen molar-refractivity contribution < 1.29 is 5.11 Å². The van der Waals surface area contributed by atoms with Crippen LogP contribution in [0.15, 0.2) is 0 Å². The number of likely N-dealkylation sites (tertiary alicyclic amines) is 1. The molecule has 1 atom stereocenters. The lowest BCUT2D eigenvalue weighted by molar-refractivity contribution is -0.0588. The van der Waals surface area contributed by atoms with E-state index in [4.69, 9.17) is 0 Å². The minimum atomic E-state index is -0.115. The molecule has 0 aromatic heterocycles. The Morgan fingerprint density at radius 2 is 1.93 bits per heavy atom. The first-order chi connectivity index (χ1) is 6.74. The summed E-state index contributed by atoms with van der Waals surface area (Å²) >= 11 is 0. The largest absolute Gasteiger partial charge is 0.392 e. The van der Waals surface area contributed by atoms with Crippen molar-refractivity contribution in [3.05, 3.63) is 0 Å². The van der Waals surface area contributed by atoms with Crippen LogP contribution in [0.2, 0.25) is 0 Å². The third-order valence-electron chi connectivity index (χ3n) is 3.06. The second kappa shape index (κ2) is 5.10. The molecule has 0 aromatic carbocycles. The van der Waals surface area contributed by atoms with E-state index < -0.39 is 0 Å². The normalized spacial score (nSPS) is 25.7. The van der Waals surface area contributed by atoms with Gasteiger partial charge in [0.15, 0.2) is 0 Å². The lowest BCUT2D eigenvalue weighted by atomic mass is 9.74. The van der Waals surface area contributed by atoms with Crippen molar-refractivity contribution in [3.8, 4) is 0 Å². The maximum atomic E-state index is 9.40. The van der Waals surface area contributed by atoms with Gasteiger partial charge in [0.25, 0.3) is 0 Å². The number of rotatable bonds is 3. The van der Waals surface area contributed by atoms with Gasteiger partial charge in [0.2, 0.25) is 0 Å². The fraction of sp³-hybridized carbons (Fsp3) is 1.00. The Labute approximate surface area is 87.5 Å². The minimum absolute atomic E-state index is 0.115. The topological polar surface area (TPSA) is 35.5 Å². The smallest absolute Gasteiger partial charge is 0.0664 e. The lowest BCUT2D eigenvalue weighted by Crippen LogP contribution is -2.71. The van der Waals surface area contributed by atoms with Crippen LogP contribution < -0.4 is 5.32 Å². The van der Waals surface area contributed by atoms with Gasteiger partial charge in [-0.25, -0.2) is 0 Å². The molecule has 2 rings (SSSR count). The molecule has 2 saturated heterocycles. The van der Waals surface area contributed by atoms with E-state index in [2.05, 4.69) is 10.2 Å². The molecule has 0 bridgehead atoms. The average molecular weight is 200 g/mol. The first-order valence-corrected chi connectivity index (χ1v) is 5.85. The zero-order valence-electron chi connectivity index (χ0n) is 9.71. The second-order valence-corrected chi connectivity index (χ2v) is 4.34. The Morgan fingerprint density at radius 1 is 1.36 bits per heavy atom. The van der Waals surface area contributed by atoms with Gasteiger partial charge >= 0.3 is 0 Å². The molecule has 0 aliphatic carbocycles. The summed E-state index contributed by atoms with van der Waals surface area (Å²) in [6.07, 6.45) is 0.761. The highest BCUT2D eigenvalue weighted by molar-refractivity contribution is 5.04. The third kappa shape index (κ3) is 2.47. The molecule has 0 radical (unpaired) electrons. The maximum Gasteiger partial charge on any atom is 0.0664 e. The van der Waals surface area contributed by atoms with E-state index in [1.54, 1.807) is 0 Å². The van der Waals surface area contributed by atoms with Crippen LogP contribution in [0, 0.1) is 5.41 Å². The van der Waals surface area contributed by atoms with Crippen LogP contribution in [0.4, 0.5) is 0 Å². The fourth-order valence-corrected chi connectivity index (χ4v) is 2.16. The number of hydrogen-bond donors (Lipinski definition) is 2. The average Bonchev–Trinajstić information content (AvgIpc) is 2.10. The monoisotopic (exact) mass is 200 g/mol. The molecular weight excluding hydrogens is 176 g/mol. The molecule has 2 N–H and O–H groups in total. The summed E-state index contributed by atoms with van der Waals surface area (Å²) in [5.41, 5.74) is 0.605. The molecule has 0 aromatic rings. The van der Waals surface area contributed by atoms with Crippen LogP contribution in [0.1, 0.15) is 27.2 Å². The van der Waals surface area contributed by atoms with Crippen molar-refractivity contribution in [1.29, 1.82) is 0 Å². The van der Waals surface area contributed by atoms with Crippen LogP contribution in [0.3, 0.4) is 0 Å². The van der Waals surface area contributed by atoms with Gasteiger partial charge in [0.1, 0.15) is 0 Å². The third-order valence-corrected chi connectivity index (χ3v) is 3.06. The van der Waals surface area contributed by atoms with Gasteiger partial charge in [-0.3, -0.25) is 4.90 Å². The van der Waals surface area contributed by atoms with Crippen LogP contribution in [-0.4, -0.2) is 48.8 Å². The molecule has 1 spiro atoms. The standard InChI is InChI=1S/C9H18N2O.C2H6/c1-2-8(12)3-11-6-9(7-11)4-10-5-9;1-2/h8,10,12H,2-7H2,1H3;1-2H3/t8-;/m1./s1. The van der Waals surface area contributed by atoms with Crippen LogP contribution in [-0.2, 0) is 0 Å². The SMILES string of the molecule is CC.CC[C@@H](O)CN1CC2(CNC2)C1. The summed E-state index contributed by atoms with van der Waals surface area (Å²) in [7, 11) is 0. The molecule has 0 amide bonds. The van der Waals surface area contributed by atoms with Crippen molar-refractivity contribution in [2.24, 2.45) is 5.41 Å². The first kappa shape index (κ1) is 12.0. The van der Waals surface area contributed by atoms with E-state index >= 15 is 0 Å². The van der Waals surface area contributed by atoms with Gasteiger partial charge in [-0.05, 0) is 6.42 Å². The van der Waals surface area contributed by atoms with E-state index in [9.17, 15) is 5.11 Å². The summed E-state index contributed by atoms with van der Waals surface area (Å²) < 4.78 is 0. The highest BCUT2D eigenvalue weighted by Gasteiger charge is 2.47. The van der Waals surface area contributed by atoms with Crippen molar-refractivity contribution in [2.75, 3.05) is 32.7 Å². The minimum Gasteiger partial charge on any atom is -0.392 e. The zero-order valence-corrected chi connectivity index (χ0v) is 9.71. The fourth-order valence-electron chi connectivity index (χ4n) is 2.16. The predicted octanol–water partition coefficient (Wildman–Crippen LogP) is 0.689. The summed E-state index contributed by atoms with van der Waals surface area (Å²) in [5.74, 6) is 0. The van der Waals surface area contributed by atoms with Gasteiger partial charge in [-0.2, -0.15) is 0 Å². The van der Waals surface area contributed by atoms with Crippen molar-refractivity contribution in [1.82, 2.24) is 10.2 Å². The van der Waals surface area contributed by atoms with E-state index in [1.807, 2.05) is 20.8 Å². The molecule has 84 valence electrons.